The number of hydrogen-bond donors (Lipinski definition) is 1. The van der Waals surface area contributed by atoms with Crippen molar-refractivity contribution < 1.29 is 18.3 Å². The number of aryl methyl sites for hydroxylation is 1. The van der Waals surface area contributed by atoms with Crippen molar-refractivity contribution in [3.63, 3.8) is 0 Å². The number of aromatic amines is 1. The minimum atomic E-state index is -3.45. The maximum absolute atomic E-state index is 12.7. The molecule has 1 aliphatic heterocycles. The van der Waals surface area contributed by atoms with E-state index < -0.39 is 35.9 Å². The molecule has 1 saturated heterocycles. The van der Waals surface area contributed by atoms with Crippen LogP contribution < -0.4 is 11.2 Å². The van der Waals surface area contributed by atoms with Crippen molar-refractivity contribution in [2.24, 2.45) is 5.11 Å². The number of nitrogens with one attached hydrogen (secondary N) is 1. The van der Waals surface area contributed by atoms with E-state index in [1.54, 1.807) is 6.92 Å². The number of ether oxygens (including phenoxy) is 1. The molecule has 1 unspecified atom stereocenters. The zero-order valence-electron chi connectivity index (χ0n) is 24.8. The number of hydrogen-bond acceptors (Lipinski definition) is 7. The third kappa shape index (κ3) is 14.6. The second-order valence-electron chi connectivity index (χ2n) is 11.0. The zero-order chi connectivity index (χ0) is 29.9. The van der Waals surface area contributed by atoms with E-state index in [0.717, 1.165) is 19.3 Å². The number of nitrogens with zero attached hydrogens (tertiary/aromatic N) is 4. The summed E-state index contributed by atoms with van der Waals surface area (Å²) in [6.07, 6.45) is 17.1. The summed E-state index contributed by atoms with van der Waals surface area (Å²) >= 11 is 2.50. The first-order valence-corrected chi connectivity index (χ1v) is 19.1. The molecule has 2 rings (SSSR count). The first kappa shape index (κ1) is 35.8. The predicted octanol–water partition coefficient (Wildman–Crippen LogP) is 7.38. The summed E-state index contributed by atoms with van der Waals surface area (Å²) in [5, 5.41) is 3.75. The SMILES string of the molecule is CCCCCCCCCCCCCCCCCCOP(=O)([Se])OC[C@H]1O[C@@H](n2cc(C)c(=O)[nH]c2=O)C[C@@H]1N=[N+]=[N-]. The molecule has 1 aromatic heterocycles. The van der Waals surface area contributed by atoms with Gasteiger partial charge in [-0.15, -0.1) is 0 Å². The van der Waals surface area contributed by atoms with Gasteiger partial charge in [-0.25, -0.2) is 0 Å². The van der Waals surface area contributed by atoms with Gasteiger partial charge in [0.25, 0.3) is 0 Å². The van der Waals surface area contributed by atoms with Crippen molar-refractivity contribution in [1.82, 2.24) is 9.55 Å². The van der Waals surface area contributed by atoms with Crippen LogP contribution in [-0.2, 0) is 18.3 Å². The summed E-state index contributed by atoms with van der Waals surface area (Å²) in [4.78, 5) is 29.0. The van der Waals surface area contributed by atoms with E-state index in [9.17, 15) is 14.2 Å². The Morgan fingerprint density at radius 3 is 2.07 bits per heavy atom. The molecule has 0 aromatic carbocycles. The Labute approximate surface area is 252 Å². The Morgan fingerprint density at radius 2 is 1.54 bits per heavy atom. The van der Waals surface area contributed by atoms with Gasteiger partial charge in [-0.1, -0.05) is 51.9 Å². The summed E-state index contributed by atoms with van der Waals surface area (Å²) in [7, 11) is 0. The third-order valence-corrected chi connectivity index (χ3v) is 9.80. The molecule has 0 bridgehead atoms. The number of H-pyrrole nitrogens is 1. The van der Waals surface area contributed by atoms with Crippen LogP contribution >= 0.6 is 6.29 Å². The molecule has 233 valence electrons. The molecule has 1 aromatic rings. The molecule has 0 aliphatic carbocycles. The van der Waals surface area contributed by atoms with Crippen LogP contribution in [0, 0.1) is 6.92 Å². The monoisotopic (exact) mass is 662 g/mol. The summed E-state index contributed by atoms with van der Waals surface area (Å²) in [6.45, 7) is 4.02. The van der Waals surface area contributed by atoms with Gasteiger partial charge in [-0.3, -0.25) is 0 Å². The van der Waals surface area contributed by atoms with Crippen molar-refractivity contribution in [1.29, 1.82) is 0 Å². The van der Waals surface area contributed by atoms with Crippen molar-refractivity contribution in [3.05, 3.63) is 43.0 Å². The van der Waals surface area contributed by atoms with Gasteiger partial charge in [0.1, 0.15) is 0 Å². The van der Waals surface area contributed by atoms with Crippen LogP contribution in [0.2, 0.25) is 0 Å². The Bertz CT molecular complexity index is 1090. The van der Waals surface area contributed by atoms with E-state index in [2.05, 4.69) is 37.5 Å². The van der Waals surface area contributed by atoms with E-state index in [1.807, 2.05) is 0 Å². The topological polar surface area (TPSA) is 148 Å². The first-order chi connectivity index (χ1) is 19.8. The predicted molar refractivity (Wildman–Crippen MR) is 162 cm³/mol. The Balaban J connectivity index is 1.55. The van der Waals surface area contributed by atoms with Crippen LogP contribution in [0.15, 0.2) is 20.9 Å². The molecule has 1 fully saturated rings. The van der Waals surface area contributed by atoms with E-state index in [-0.39, 0.29) is 13.0 Å². The fraction of sp³-hybridized carbons (Fsp3) is 0.857. The zero-order valence-corrected chi connectivity index (χ0v) is 27.4. The molecule has 0 amide bonds. The van der Waals surface area contributed by atoms with Gasteiger partial charge in [0.15, 0.2) is 0 Å². The molecule has 1 radical (unpaired) electrons. The normalized spacial score (nSPS) is 20.1. The van der Waals surface area contributed by atoms with Gasteiger partial charge < -0.3 is 0 Å². The molecule has 1 N–H and O–H groups in total. The van der Waals surface area contributed by atoms with E-state index in [0.29, 0.717) is 12.2 Å². The average molecular weight is 662 g/mol. The summed E-state index contributed by atoms with van der Waals surface area (Å²) in [6, 6.07) is -0.635. The van der Waals surface area contributed by atoms with E-state index in [1.165, 1.54) is 94.2 Å². The van der Waals surface area contributed by atoms with Crippen LogP contribution in [0.1, 0.15) is 128 Å². The second kappa shape index (κ2) is 20.5. The fourth-order valence-electron chi connectivity index (χ4n) is 5.05. The average Bonchev–Trinajstić information content (AvgIpc) is 3.34. The summed E-state index contributed by atoms with van der Waals surface area (Å²) in [5.41, 5.74) is 8.20. The van der Waals surface area contributed by atoms with Crippen LogP contribution in [0.4, 0.5) is 0 Å². The Hall–Kier alpha value is -1.38. The molecular weight excluding hydrogens is 612 g/mol. The summed E-state index contributed by atoms with van der Waals surface area (Å²) in [5.74, 6) is 0. The van der Waals surface area contributed by atoms with E-state index in [4.69, 9.17) is 19.3 Å². The molecule has 1 aliphatic rings. The van der Waals surface area contributed by atoms with Gasteiger partial charge in [-0.05, 0) is 0 Å². The molecule has 2 heterocycles. The molecule has 0 saturated carbocycles. The Kier molecular flexibility index (Phi) is 17.9. The van der Waals surface area contributed by atoms with Crippen molar-refractivity contribution in [2.45, 2.75) is 141 Å². The minimum absolute atomic E-state index is 0.138. The molecule has 13 heteroatoms. The van der Waals surface area contributed by atoms with Crippen LogP contribution in [0.5, 0.6) is 0 Å². The fourth-order valence-corrected chi connectivity index (χ4v) is 6.66. The second-order valence-corrected chi connectivity index (χ2v) is 15.2. The molecule has 41 heavy (non-hydrogen) atoms. The van der Waals surface area contributed by atoms with Gasteiger partial charge in [-0.2, -0.15) is 0 Å². The van der Waals surface area contributed by atoms with Crippen molar-refractivity contribution in [2.75, 3.05) is 13.2 Å². The number of aromatic nitrogens is 2. The molecular formula is C28H49N5O6PSe. The number of azide groups is 1. The van der Waals surface area contributed by atoms with Crippen molar-refractivity contribution in [3.8, 4) is 0 Å². The number of rotatable bonds is 23. The standard InChI is InChI=1S/C28H49N5O6PSe/c1-3-4-5-6-7-8-9-10-11-12-13-14-15-16-17-18-19-37-40(36,41)38-22-25-24(31-32-29)20-26(39-25)33-21-23(2)27(34)30-28(33)35/h21,24-26H,3-20,22H2,1-2H3,(H,30,34,35)/t24-,25+,26+,40?/m0/s1. The maximum atomic E-state index is 12.7. The first-order valence-electron chi connectivity index (χ1n) is 15.4. The molecule has 11 nitrogen and oxygen atoms in total. The van der Waals surface area contributed by atoms with Crippen LogP contribution in [0.3, 0.4) is 0 Å². The number of unbranched alkanes of at least 4 members (excludes halogenated alkanes) is 15. The van der Waals surface area contributed by atoms with Gasteiger partial charge >= 0.3 is 201 Å². The molecule has 0 spiro atoms. The van der Waals surface area contributed by atoms with Gasteiger partial charge in [0.2, 0.25) is 0 Å². The van der Waals surface area contributed by atoms with Crippen LogP contribution in [0.25, 0.3) is 10.4 Å². The quantitative estimate of drug-likeness (QED) is 0.0323. The van der Waals surface area contributed by atoms with Gasteiger partial charge in [0, 0.05) is 0 Å². The molecule has 4 atom stereocenters. The third-order valence-electron chi connectivity index (χ3n) is 7.50. The Morgan fingerprint density at radius 1 is 1.00 bits per heavy atom. The van der Waals surface area contributed by atoms with Crippen LogP contribution in [-0.4, -0.2) is 50.5 Å². The van der Waals surface area contributed by atoms with Gasteiger partial charge in [0.05, 0.1) is 0 Å². The summed E-state index contributed by atoms with van der Waals surface area (Å²) < 4.78 is 30.9. The van der Waals surface area contributed by atoms with E-state index >= 15 is 0 Å². The van der Waals surface area contributed by atoms with Crippen molar-refractivity contribution >= 4 is 21.9 Å².